The van der Waals surface area contributed by atoms with E-state index in [1.165, 1.54) is 69.1 Å². The van der Waals surface area contributed by atoms with Gasteiger partial charge in [-0.15, -0.1) is 35.3 Å². The van der Waals surface area contributed by atoms with E-state index in [4.69, 9.17) is 14.2 Å². The van der Waals surface area contributed by atoms with Crippen LogP contribution in [0.15, 0.2) is 230 Å². The maximum atomic E-state index is 14.3. The second kappa shape index (κ2) is 29.1. The fourth-order valence-corrected chi connectivity index (χ4v) is 18.4. The number of thioether (sulfide) groups is 3. The van der Waals surface area contributed by atoms with Crippen LogP contribution < -0.4 is 45.5 Å². The highest BCUT2D eigenvalue weighted by Gasteiger charge is 2.48. The Hall–Kier alpha value is -11.4. The van der Waals surface area contributed by atoms with E-state index in [9.17, 15) is 70.4 Å². The van der Waals surface area contributed by atoms with Gasteiger partial charge in [-0.2, -0.15) is 0 Å². The highest BCUT2D eigenvalue weighted by molar-refractivity contribution is 7.99. The Bertz CT molecular complexity index is 4890. The molecular weight excluding hydrogens is 1470 g/mol. The van der Waals surface area contributed by atoms with Crippen LogP contribution in [0.5, 0.6) is 34.5 Å². The Morgan fingerprint density at radius 3 is 0.917 bits per heavy atom. The van der Waals surface area contributed by atoms with Crippen LogP contribution in [-0.4, -0.2) is 139 Å². The number of aromatic hydroxyl groups is 3. The highest BCUT2D eigenvalue weighted by Crippen LogP contribution is 2.51. The fourth-order valence-electron chi connectivity index (χ4n) is 15.2. The zero-order valence-corrected chi connectivity index (χ0v) is 59.1. The standard InChI is InChI=1S/3C26H21F2N3O4S/c3*27-25(28)17-7-4-12-35-19-8-3-5-15-13-36-20-9-2-1-6-16(20)22(21(15)19)31-14-29(17)26(34)23-24(33)18(32)10-11-30(23)31/h3*1-11,17,22,25,33H,12-14H2/b3*7-4+/t3*17-,22-/m100/s1. The van der Waals surface area contributed by atoms with Crippen LogP contribution in [0.1, 0.15) is 99.7 Å². The number of rotatable bonds is 3. The smallest absolute Gasteiger partial charge is 0.278 e. The predicted molar refractivity (Wildman–Crippen MR) is 391 cm³/mol. The summed E-state index contributed by atoms with van der Waals surface area (Å²) in [6.07, 6.45) is 3.68. The molecular formula is C78H63F6N9O12S3. The summed E-state index contributed by atoms with van der Waals surface area (Å²) in [4.78, 5) is 83.4. The van der Waals surface area contributed by atoms with Crippen LogP contribution in [0.3, 0.4) is 0 Å². The number of alkyl halides is 6. The minimum atomic E-state index is -2.90. The molecule has 6 atom stereocenters. The summed E-state index contributed by atoms with van der Waals surface area (Å²) >= 11 is 4.96. The zero-order chi connectivity index (χ0) is 74.9. The van der Waals surface area contributed by atoms with Crippen molar-refractivity contribution in [2.45, 2.75) is 87.5 Å². The number of nitrogens with zero attached hydrogens (tertiary/aromatic N) is 9. The van der Waals surface area contributed by atoms with Gasteiger partial charge in [0.05, 0.1) is 0 Å². The van der Waals surface area contributed by atoms with Gasteiger partial charge in [-0.3, -0.25) is 57.8 Å². The number of amides is 3. The van der Waals surface area contributed by atoms with Crippen molar-refractivity contribution in [3.8, 4) is 34.5 Å². The second-order valence-electron chi connectivity index (χ2n) is 26.1. The van der Waals surface area contributed by atoms with E-state index in [2.05, 4.69) is 0 Å². The molecule has 18 rings (SSSR count). The monoisotopic (exact) mass is 1530 g/mol. The van der Waals surface area contributed by atoms with E-state index >= 15 is 0 Å². The van der Waals surface area contributed by atoms with Crippen molar-refractivity contribution >= 4 is 53.0 Å². The first kappa shape index (κ1) is 70.9. The summed E-state index contributed by atoms with van der Waals surface area (Å²) < 4.78 is 108. The first-order chi connectivity index (χ1) is 52.4. The Labute approximate surface area is 623 Å². The van der Waals surface area contributed by atoms with Gasteiger partial charge in [0, 0.05) is 85.4 Å². The quantitative estimate of drug-likeness (QED) is 0.110. The summed E-state index contributed by atoms with van der Waals surface area (Å²) in [6.45, 7) is -0.488. The minimum Gasteiger partial charge on any atom is -0.502 e. The largest absolute Gasteiger partial charge is 0.502 e. The number of ether oxygens (including phenoxy) is 3. The Kier molecular flexibility index (Phi) is 19.1. The van der Waals surface area contributed by atoms with E-state index in [0.29, 0.717) is 34.5 Å². The number of hydrogen-bond donors (Lipinski definition) is 3. The van der Waals surface area contributed by atoms with E-state index in [1.807, 2.05) is 127 Å². The van der Waals surface area contributed by atoms with E-state index in [-0.39, 0.29) is 56.9 Å². The van der Waals surface area contributed by atoms with Gasteiger partial charge in [0.2, 0.25) is 16.3 Å². The van der Waals surface area contributed by atoms with Gasteiger partial charge in [0.15, 0.2) is 34.3 Å². The molecule has 3 N–H and O–H groups in total. The Balaban J connectivity index is 0.000000124. The van der Waals surface area contributed by atoms with Crippen molar-refractivity contribution in [1.82, 2.24) is 28.7 Å². The average Bonchev–Trinajstić information content (AvgIpc) is 1.13. The normalized spacial score (nSPS) is 21.5. The number of aromatic nitrogens is 3. The molecule has 0 radical (unpaired) electrons. The number of carbonyl (C=O) groups excluding carboxylic acids is 3. The summed E-state index contributed by atoms with van der Waals surface area (Å²) in [6, 6.07) is 37.7. The van der Waals surface area contributed by atoms with Crippen LogP contribution in [-0.2, 0) is 17.3 Å². The van der Waals surface area contributed by atoms with Crippen molar-refractivity contribution in [2.75, 3.05) is 54.9 Å². The third kappa shape index (κ3) is 12.4. The highest BCUT2D eigenvalue weighted by atomic mass is 32.2. The summed E-state index contributed by atoms with van der Waals surface area (Å²) in [7, 11) is 0. The van der Waals surface area contributed by atoms with E-state index in [0.717, 1.165) is 97.7 Å². The molecule has 9 aliphatic heterocycles. The van der Waals surface area contributed by atoms with Gasteiger partial charge in [-0.25, -0.2) is 26.3 Å². The number of fused-ring (bicyclic) bond motifs is 21. The summed E-state index contributed by atoms with van der Waals surface area (Å²) in [5, 5.41) is 37.2. The molecule has 9 aromatic rings. The van der Waals surface area contributed by atoms with Crippen molar-refractivity contribution in [3.63, 3.8) is 0 Å². The molecule has 21 nitrogen and oxygen atoms in total. The lowest BCUT2D eigenvalue weighted by Gasteiger charge is -2.45. The molecule has 0 saturated heterocycles. The van der Waals surface area contributed by atoms with Crippen LogP contribution in [0.25, 0.3) is 0 Å². The molecule has 6 bridgehead atoms. The molecule has 30 heteroatoms. The Morgan fingerprint density at radius 1 is 0.361 bits per heavy atom. The van der Waals surface area contributed by atoms with Crippen molar-refractivity contribution < 1.29 is 70.3 Å². The number of hydrogen-bond acceptors (Lipinski definition) is 18. The average molecular weight is 1530 g/mol. The predicted octanol–water partition coefficient (Wildman–Crippen LogP) is 11.6. The van der Waals surface area contributed by atoms with Gasteiger partial charge in [-0.05, 0) is 88.0 Å². The van der Waals surface area contributed by atoms with Crippen LogP contribution in [0.2, 0.25) is 0 Å². The van der Waals surface area contributed by atoms with E-state index in [1.54, 1.807) is 50.3 Å². The fraction of sp³-hybridized carbons (Fsp3) is 0.231. The molecule has 0 unspecified atom stereocenters. The lowest BCUT2D eigenvalue weighted by Crippen LogP contribution is -2.59. The number of halogens is 6. The lowest BCUT2D eigenvalue weighted by atomic mass is 9.93. The first-order valence-electron chi connectivity index (χ1n) is 34.2. The number of benzene rings is 6. The van der Waals surface area contributed by atoms with Crippen LogP contribution in [0, 0.1) is 0 Å². The summed E-state index contributed by atoms with van der Waals surface area (Å²) in [5.74, 6) is -1.07. The van der Waals surface area contributed by atoms with Gasteiger partial charge in [0.1, 0.15) is 93.3 Å². The topological polar surface area (TPSA) is 225 Å². The molecule has 12 heterocycles. The maximum absolute atomic E-state index is 14.3. The molecule has 3 aromatic heterocycles. The molecule has 3 amide bonds. The molecule has 552 valence electrons. The van der Waals surface area contributed by atoms with Crippen molar-refractivity contribution in [2.24, 2.45) is 0 Å². The first-order valence-corrected chi connectivity index (χ1v) is 37.1. The lowest BCUT2D eigenvalue weighted by molar-refractivity contribution is 0.0276. The molecule has 0 aliphatic carbocycles. The molecule has 9 aliphatic rings. The molecule has 108 heavy (non-hydrogen) atoms. The molecule has 0 spiro atoms. The van der Waals surface area contributed by atoms with Gasteiger partial charge in [0.25, 0.3) is 37.0 Å². The second-order valence-corrected chi connectivity index (χ2v) is 29.2. The van der Waals surface area contributed by atoms with Gasteiger partial charge >= 0.3 is 0 Å². The molecule has 6 aromatic carbocycles. The summed E-state index contributed by atoms with van der Waals surface area (Å²) in [5.41, 5.74) is 4.93. The van der Waals surface area contributed by atoms with Crippen LogP contribution in [0.4, 0.5) is 26.3 Å². The SMILES string of the molecule is O=C1c2c(O)c(=O)ccn2N2CN1[C@@H](C(F)F)/C=C/COc1cccc3c1[C@H]2c1ccccc1SC3.O=C1c2c(O)c(=O)ccn2N2CN1[C@H](C(F)F)/C=C/COc1cccc3c1[C@@H]2c1ccccc1SC3.O=C1c2c(O)c(=O)ccn2N2CN1[C@H](C(F)F)/C=C/COc1cccc3c1[C@@H]2c1ccccc1SC3. The molecule has 0 fully saturated rings. The van der Waals surface area contributed by atoms with E-state index < -0.39 is 107 Å². The van der Waals surface area contributed by atoms with Crippen molar-refractivity contribution in [3.05, 3.63) is 298 Å². The number of pyridine rings is 3. The maximum Gasteiger partial charge on any atom is 0.278 e. The minimum absolute atomic E-state index is 0.0409. The molecule has 0 saturated carbocycles. The van der Waals surface area contributed by atoms with Crippen LogP contribution >= 0.6 is 35.3 Å². The third-order valence-electron chi connectivity index (χ3n) is 20.1. The zero-order valence-electron chi connectivity index (χ0n) is 56.6. The number of carbonyl (C=O) groups is 3. The van der Waals surface area contributed by atoms with Gasteiger partial charge in [-0.1, -0.05) is 109 Å². The Morgan fingerprint density at radius 2 is 0.639 bits per heavy atom. The third-order valence-corrected chi connectivity index (χ3v) is 23.5. The van der Waals surface area contributed by atoms with Gasteiger partial charge < -0.3 is 44.2 Å². The van der Waals surface area contributed by atoms with Crippen molar-refractivity contribution in [1.29, 1.82) is 0 Å².